The lowest BCUT2D eigenvalue weighted by Gasteiger charge is -2.10. The van der Waals surface area contributed by atoms with E-state index in [9.17, 15) is 17.2 Å². The van der Waals surface area contributed by atoms with E-state index in [0.717, 1.165) is 37.0 Å². The van der Waals surface area contributed by atoms with Crippen molar-refractivity contribution < 1.29 is 17.2 Å². The average Bonchev–Trinajstić information content (AvgIpc) is 2.55. The Hall–Kier alpha value is -1.95. The second kappa shape index (κ2) is 8.24. The Morgan fingerprint density at radius 3 is 2.29 bits per heavy atom. The van der Waals surface area contributed by atoms with Crippen molar-refractivity contribution in [2.75, 3.05) is 4.72 Å². The van der Waals surface area contributed by atoms with Gasteiger partial charge < -0.3 is 0 Å². The minimum atomic E-state index is -3.91. The van der Waals surface area contributed by atoms with E-state index < -0.39 is 21.7 Å². The van der Waals surface area contributed by atoms with Crippen molar-refractivity contribution in [1.29, 1.82) is 0 Å². The SMILES string of the molecule is CCCCCCc1ccc(S(=O)(=O)Nc2ccc(F)cc2F)cc1. The van der Waals surface area contributed by atoms with Gasteiger partial charge in [0.1, 0.15) is 11.6 Å². The second-order valence-electron chi connectivity index (χ2n) is 5.68. The van der Waals surface area contributed by atoms with E-state index in [1.165, 1.54) is 25.0 Å². The number of hydrogen-bond acceptors (Lipinski definition) is 2. The fraction of sp³-hybridized carbons (Fsp3) is 0.333. The Balaban J connectivity index is 2.06. The number of unbranched alkanes of at least 4 members (excludes halogenated alkanes) is 3. The van der Waals surface area contributed by atoms with Crippen LogP contribution >= 0.6 is 0 Å². The third kappa shape index (κ3) is 5.03. The molecule has 0 bridgehead atoms. The molecule has 2 aromatic carbocycles. The maximum atomic E-state index is 13.6. The van der Waals surface area contributed by atoms with Crippen LogP contribution in [0.2, 0.25) is 0 Å². The van der Waals surface area contributed by atoms with E-state index in [2.05, 4.69) is 11.6 Å². The van der Waals surface area contributed by atoms with Crippen LogP contribution in [-0.2, 0) is 16.4 Å². The lowest BCUT2D eigenvalue weighted by molar-refractivity contribution is 0.583. The smallest absolute Gasteiger partial charge is 0.261 e. The Kier molecular flexibility index (Phi) is 6.31. The maximum Gasteiger partial charge on any atom is 0.261 e. The van der Waals surface area contributed by atoms with Crippen molar-refractivity contribution in [3.05, 3.63) is 59.7 Å². The molecule has 130 valence electrons. The van der Waals surface area contributed by atoms with Gasteiger partial charge in [-0.25, -0.2) is 17.2 Å². The van der Waals surface area contributed by atoms with Crippen molar-refractivity contribution >= 4 is 15.7 Å². The summed E-state index contributed by atoms with van der Waals surface area (Å²) < 4.78 is 53.2. The normalized spacial score (nSPS) is 11.5. The van der Waals surface area contributed by atoms with Crippen molar-refractivity contribution in [2.24, 2.45) is 0 Å². The number of benzene rings is 2. The number of anilines is 1. The predicted octanol–water partition coefficient (Wildman–Crippen LogP) is 4.89. The van der Waals surface area contributed by atoms with Crippen molar-refractivity contribution in [3.63, 3.8) is 0 Å². The summed E-state index contributed by atoms with van der Waals surface area (Å²) in [5.74, 6) is -1.71. The van der Waals surface area contributed by atoms with Gasteiger partial charge in [-0.15, -0.1) is 0 Å². The van der Waals surface area contributed by atoms with Crippen LogP contribution in [0.5, 0.6) is 0 Å². The van der Waals surface area contributed by atoms with E-state index in [1.54, 1.807) is 12.1 Å². The van der Waals surface area contributed by atoms with E-state index in [0.29, 0.717) is 6.07 Å². The molecule has 2 aromatic rings. The predicted molar refractivity (Wildman–Crippen MR) is 91.5 cm³/mol. The highest BCUT2D eigenvalue weighted by atomic mass is 32.2. The van der Waals surface area contributed by atoms with Crippen molar-refractivity contribution in [1.82, 2.24) is 0 Å². The average molecular weight is 353 g/mol. The van der Waals surface area contributed by atoms with Gasteiger partial charge in [0.25, 0.3) is 10.0 Å². The molecule has 0 fully saturated rings. The highest BCUT2D eigenvalue weighted by Gasteiger charge is 2.16. The summed E-state index contributed by atoms with van der Waals surface area (Å²) >= 11 is 0. The second-order valence-corrected chi connectivity index (χ2v) is 7.37. The Morgan fingerprint density at radius 2 is 1.67 bits per heavy atom. The number of sulfonamides is 1. The summed E-state index contributed by atoms with van der Waals surface area (Å²) in [6, 6.07) is 9.22. The molecule has 3 nitrogen and oxygen atoms in total. The van der Waals surface area contributed by atoms with Crippen LogP contribution in [0.15, 0.2) is 47.4 Å². The summed E-state index contributed by atoms with van der Waals surface area (Å²) in [4.78, 5) is 0.0449. The van der Waals surface area contributed by atoms with E-state index in [4.69, 9.17) is 0 Å². The molecule has 2 rings (SSSR count). The number of aryl methyl sites for hydroxylation is 1. The van der Waals surface area contributed by atoms with Gasteiger partial charge >= 0.3 is 0 Å². The van der Waals surface area contributed by atoms with Crippen LogP contribution in [0.1, 0.15) is 38.2 Å². The van der Waals surface area contributed by atoms with Gasteiger partial charge in [0, 0.05) is 6.07 Å². The fourth-order valence-corrected chi connectivity index (χ4v) is 3.43. The third-order valence-corrected chi connectivity index (χ3v) is 5.11. The highest BCUT2D eigenvalue weighted by Crippen LogP contribution is 2.20. The molecule has 0 radical (unpaired) electrons. The number of nitrogens with one attached hydrogen (secondary N) is 1. The molecule has 24 heavy (non-hydrogen) atoms. The van der Waals surface area contributed by atoms with Crippen LogP contribution in [0, 0.1) is 11.6 Å². The third-order valence-electron chi connectivity index (χ3n) is 3.73. The van der Waals surface area contributed by atoms with Gasteiger partial charge in [-0.2, -0.15) is 0 Å². The first-order valence-corrected chi connectivity index (χ1v) is 9.47. The van der Waals surface area contributed by atoms with Crippen LogP contribution in [-0.4, -0.2) is 8.42 Å². The molecule has 0 atom stereocenters. The Labute approximate surface area is 141 Å². The number of hydrogen-bond donors (Lipinski definition) is 1. The standard InChI is InChI=1S/C18H21F2NO2S/c1-2-3-4-5-6-14-7-10-16(11-8-14)24(22,23)21-18-12-9-15(19)13-17(18)20/h7-13,21H,2-6H2,1H3. The Bertz CT molecular complexity index is 774. The summed E-state index contributed by atoms with van der Waals surface area (Å²) in [6.07, 6.45) is 5.49. The van der Waals surface area contributed by atoms with Gasteiger partial charge in [0.15, 0.2) is 0 Å². The molecule has 0 aliphatic rings. The molecule has 0 unspecified atom stereocenters. The summed E-state index contributed by atoms with van der Waals surface area (Å²) in [6.45, 7) is 2.15. The molecule has 0 saturated heterocycles. The quantitative estimate of drug-likeness (QED) is 0.687. The topological polar surface area (TPSA) is 46.2 Å². The van der Waals surface area contributed by atoms with Gasteiger partial charge in [0.05, 0.1) is 10.6 Å². The first kappa shape index (κ1) is 18.4. The maximum absolute atomic E-state index is 13.6. The van der Waals surface area contributed by atoms with E-state index >= 15 is 0 Å². The minimum absolute atomic E-state index is 0.0449. The molecule has 0 amide bonds. The van der Waals surface area contributed by atoms with Crippen LogP contribution in [0.25, 0.3) is 0 Å². The molecular formula is C18H21F2NO2S. The largest absolute Gasteiger partial charge is 0.277 e. The van der Waals surface area contributed by atoms with Crippen LogP contribution < -0.4 is 4.72 Å². The summed E-state index contributed by atoms with van der Waals surface area (Å²) in [5, 5.41) is 0. The molecule has 1 N–H and O–H groups in total. The summed E-state index contributed by atoms with van der Waals surface area (Å²) in [5.41, 5.74) is 0.790. The zero-order chi connectivity index (χ0) is 17.6. The molecule has 0 saturated carbocycles. The molecular weight excluding hydrogens is 332 g/mol. The summed E-state index contributed by atoms with van der Waals surface area (Å²) in [7, 11) is -3.91. The van der Waals surface area contributed by atoms with Gasteiger partial charge in [-0.3, -0.25) is 4.72 Å². The highest BCUT2D eigenvalue weighted by molar-refractivity contribution is 7.92. The lowest BCUT2D eigenvalue weighted by Crippen LogP contribution is -2.14. The van der Waals surface area contributed by atoms with Crippen LogP contribution in [0.3, 0.4) is 0 Å². The van der Waals surface area contributed by atoms with Crippen LogP contribution in [0.4, 0.5) is 14.5 Å². The molecule has 0 aliphatic heterocycles. The van der Waals surface area contributed by atoms with Gasteiger partial charge in [-0.1, -0.05) is 38.3 Å². The Morgan fingerprint density at radius 1 is 0.958 bits per heavy atom. The van der Waals surface area contributed by atoms with Crippen molar-refractivity contribution in [2.45, 2.75) is 43.9 Å². The van der Waals surface area contributed by atoms with E-state index in [1.807, 2.05) is 0 Å². The van der Waals surface area contributed by atoms with Gasteiger partial charge in [-0.05, 0) is 42.7 Å². The molecule has 0 aliphatic carbocycles. The first-order chi connectivity index (χ1) is 11.4. The molecule has 6 heteroatoms. The van der Waals surface area contributed by atoms with Gasteiger partial charge in [0.2, 0.25) is 0 Å². The zero-order valence-corrected chi connectivity index (χ0v) is 14.4. The zero-order valence-electron chi connectivity index (χ0n) is 13.6. The molecule has 0 spiro atoms. The lowest BCUT2D eigenvalue weighted by atomic mass is 10.1. The first-order valence-electron chi connectivity index (χ1n) is 7.99. The van der Waals surface area contributed by atoms with Crippen molar-refractivity contribution in [3.8, 4) is 0 Å². The monoisotopic (exact) mass is 353 g/mol. The molecule has 0 aromatic heterocycles. The minimum Gasteiger partial charge on any atom is -0.277 e. The molecule has 0 heterocycles. The van der Waals surface area contributed by atoms with E-state index in [-0.39, 0.29) is 10.6 Å². The number of rotatable bonds is 8. The number of halogens is 2. The fourth-order valence-electron chi connectivity index (χ4n) is 2.37.